The van der Waals surface area contributed by atoms with Gasteiger partial charge in [0.1, 0.15) is 5.82 Å². The van der Waals surface area contributed by atoms with Crippen molar-refractivity contribution in [3.8, 4) is 5.69 Å². The smallest absolute Gasteiger partial charge is 0.273 e. The van der Waals surface area contributed by atoms with Gasteiger partial charge in [-0.05, 0) is 35.6 Å². The van der Waals surface area contributed by atoms with Gasteiger partial charge in [-0.1, -0.05) is 62.7 Å². The number of aromatic nitrogens is 3. The summed E-state index contributed by atoms with van der Waals surface area (Å²) < 4.78 is 2.46. The first-order valence-corrected chi connectivity index (χ1v) is 9.05. The van der Waals surface area contributed by atoms with Gasteiger partial charge in [0.25, 0.3) is 0 Å². The maximum Gasteiger partial charge on any atom is 0.357 e. The van der Waals surface area contributed by atoms with Gasteiger partial charge in [0.2, 0.25) is 5.91 Å². The predicted octanol–water partition coefficient (Wildman–Crippen LogP) is 3.89. The van der Waals surface area contributed by atoms with E-state index >= 15 is 0 Å². The molecule has 2 aromatic carbocycles. The van der Waals surface area contributed by atoms with Crippen LogP contribution in [-0.4, -0.2) is 20.3 Å². The van der Waals surface area contributed by atoms with Crippen molar-refractivity contribution < 1.29 is 4.79 Å². The molecule has 0 aliphatic heterocycles. The second-order valence-corrected chi connectivity index (χ2v) is 7.93. The molecule has 0 spiro atoms. The Bertz CT molecular complexity index is 1030. The molecule has 5 nitrogen and oxygen atoms in total. The topological polar surface area (TPSA) is 56.9 Å². The minimum atomic E-state index is -0.436. The molecule has 5 heteroatoms. The lowest BCUT2D eigenvalue weighted by molar-refractivity contribution is 0.0916. The fourth-order valence-corrected chi connectivity index (χ4v) is 3.10. The number of carbonyl (C=O) groups excluding carboxylic acids is 1. The molecule has 0 saturated carbocycles. The molecule has 0 radical (unpaired) electrons. The van der Waals surface area contributed by atoms with Gasteiger partial charge in [-0.2, -0.15) is 0 Å². The molecule has 0 saturated heterocycles. The van der Waals surface area contributed by atoms with Gasteiger partial charge in [0.15, 0.2) is 0 Å². The van der Waals surface area contributed by atoms with Gasteiger partial charge in [-0.25, -0.2) is 9.36 Å². The molecule has 1 aromatic heterocycles. The van der Waals surface area contributed by atoms with Crippen LogP contribution in [-0.2, 0) is 11.8 Å². The van der Waals surface area contributed by atoms with Crippen LogP contribution in [0.2, 0.25) is 0 Å². The van der Waals surface area contributed by atoms with Gasteiger partial charge in [0, 0.05) is 13.3 Å². The van der Waals surface area contributed by atoms with Crippen molar-refractivity contribution in [2.45, 2.75) is 46.5 Å². The van der Waals surface area contributed by atoms with E-state index in [-0.39, 0.29) is 5.41 Å². The third-order valence-corrected chi connectivity index (χ3v) is 4.58. The van der Waals surface area contributed by atoms with Crippen LogP contribution in [0.15, 0.2) is 53.3 Å². The summed E-state index contributed by atoms with van der Waals surface area (Å²) in [5.74, 6) is 0.153. The Hall–Kier alpha value is -2.95. The van der Waals surface area contributed by atoms with Crippen molar-refractivity contribution in [3.05, 3.63) is 81.5 Å². The minimum absolute atomic E-state index is 0.0253. The molecule has 0 bridgehead atoms. The zero-order valence-corrected chi connectivity index (χ0v) is 16.5. The first kappa shape index (κ1) is 18.8. The molecule has 0 atom stereocenters. The second-order valence-electron chi connectivity index (χ2n) is 7.93. The quantitative estimate of drug-likeness (QED) is 0.709. The Balaban J connectivity index is 2.10. The van der Waals surface area contributed by atoms with Crippen LogP contribution in [0.25, 0.3) is 5.69 Å². The van der Waals surface area contributed by atoms with Crippen molar-refractivity contribution in [2.75, 3.05) is 0 Å². The number of nitrogens with zero attached hydrogens (tertiary/aromatic N) is 3. The molecule has 3 rings (SSSR count). The van der Waals surface area contributed by atoms with E-state index in [1.807, 2.05) is 49.4 Å². The van der Waals surface area contributed by atoms with Gasteiger partial charge < -0.3 is 0 Å². The monoisotopic (exact) mass is 363 g/mol. The lowest BCUT2D eigenvalue weighted by Crippen LogP contribution is -2.27. The molecular weight excluding hydrogens is 338 g/mol. The van der Waals surface area contributed by atoms with Crippen LogP contribution in [0.3, 0.4) is 0 Å². The SMILES string of the molecule is CC(=O)n1nc(Cc2cccc(C)c2)n(-c2ccc(C(C)(C)C)cc2)c1=O. The summed E-state index contributed by atoms with van der Waals surface area (Å²) in [4.78, 5) is 24.7. The first-order valence-electron chi connectivity index (χ1n) is 9.05. The standard InChI is InChI=1S/C22H25N3O2/c1-15-7-6-8-17(13-15)14-20-23-25(16(2)26)21(27)24(20)19-11-9-18(10-12-19)22(3,4)5/h6-13H,14H2,1-5H3. The van der Waals surface area contributed by atoms with E-state index in [1.54, 1.807) is 0 Å². The average Bonchev–Trinajstić information content (AvgIpc) is 2.90. The second kappa shape index (κ2) is 6.99. The third-order valence-electron chi connectivity index (χ3n) is 4.58. The van der Waals surface area contributed by atoms with E-state index in [2.05, 4.69) is 31.9 Å². The highest BCUT2D eigenvalue weighted by atomic mass is 16.2. The minimum Gasteiger partial charge on any atom is -0.273 e. The van der Waals surface area contributed by atoms with Crippen LogP contribution in [0.5, 0.6) is 0 Å². The fraction of sp³-hybridized carbons (Fsp3) is 0.318. The first-order chi connectivity index (χ1) is 12.7. The number of carbonyl (C=O) groups is 1. The van der Waals surface area contributed by atoms with Crippen molar-refractivity contribution in [1.82, 2.24) is 14.3 Å². The van der Waals surface area contributed by atoms with Gasteiger partial charge in [-0.3, -0.25) is 4.79 Å². The highest BCUT2D eigenvalue weighted by Crippen LogP contribution is 2.23. The molecule has 0 aliphatic rings. The van der Waals surface area contributed by atoms with Crippen molar-refractivity contribution in [3.63, 3.8) is 0 Å². The van der Waals surface area contributed by atoms with Gasteiger partial charge in [-0.15, -0.1) is 9.78 Å². The molecular formula is C22H25N3O2. The molecule has 3 aromatic rings. The third kappa shape index (κ3) is 3.92. The highest BCUT2D eigenvalue weighted by molar-refractivity contribution is 5.74. The molecule has 0 unspecified atom stereocenters. The van der Waals surface area contributed by atoms with E-state index in [1.165, 1.54) is 17.1 Å². The maximum atomic E-state index is 12.8. The lowest BCUT2D eigenvalue weighted by atomic mass is 9.87. The Morgan fingerprint density at radius 2 is 1.74 bits per heavy atom. The summed E-state index contributed by atoms with van der Waals surface area (Å²) >= 11 is 0. The van der Waals surface area contributed by atoms with E-state index in [4.69, 9.17) is 0 Å². The number of rotatable bonds is 3. The van der Waals surface area contributed by atoms with Crippen LogP contribution in [0.4, 0.5) is 0 Å². The molecule has 0 N–H and O–H groups in total. The van der Waals surface area contributed by atoms with Crippen LogP contribution < -0.4 is 5.69 Å². The maximum absolute atomic E-state index is 12.8. The van der Waals surface area contributed by atoms with Crippen LogP contribution in [0.1, 0.15) is 55.0 Å². The Labute approximate surface area is 159 Å². The molecule has 0 aliphatic carbocycles. The summed E-state index contributed by atoms with van der Waals surface area (Å²) in [5, 5.41) is 4.30. The average molecular weight is 363 g/mol. The summed E-state index contributed by atoms with van der Waals surface area (Å²) in [6.45, 7) is 9.80. The summed E-state index contributed by atoms with van der Waals surface area (Å²) in [6.07, 6.45) is 0.470. The lowest BCUT2D eigenvalue weighted by Gasteiger charge is -2.19. The number of hydrogen-bond donors (Lipinski definition) is 0. The molecule has 1 heterocycles. The van der Waals surface area contributed by atoms with Crippen molar-refractivity contribution in [2.24, 2.45) is 0 Å². The summed E-state index contributed by atoms with van der Waals surface area (Å²) in [6, 6.07) is 15.9. The fourth-order valence-electron chi connectivity index (χ4n) is 3.10. The largest absolute Gasteiger partial charge is 0.357 e. The zero-order valence-electron chi connectivity index (χ0n) is 16.5. The van der Waals surface area contributed by atoms with Crippen LogP contribution in [0, 0.1) is 6.92 Å². The highest BCUT2D eigenvalue weighted by Gasteiger charge is 2.19. The Kier molecular flexibility index (Phi) is 4.87. The molecule has 0 fully saturated rings. The van der Waals surface area contributed by atoms with Crippen LogP contribution >= 0.6 is 0 Å². The van der Waals surface area contributed by atoms with E-state index in [0.29, 0.717) is 17.9 Å². The summed E-state index contributed by atoms with van der Waals surface area (Å²) in [7, 11) is 0. The van der Waals surface area contributed by atoms with Gasteiger partial charge >= 0.3 is 5.69 Å². The van der Waals surface area contributed by atoms with E-state index < -0.39 is 11.6 Å². The number of aryl methyl sites for hydroxylation is 1. The molecule has 27 heavy (non-hydrogen) atoms. The van der Waals surface area contributed by atoms with Crippen molar-refractivity contribution >= 4 is 5.91 Å². The predicted molar refractivity (Wildman–Crippen MR) is 107 cm³/mol. The molecule has 140 valence electrons. The van der Waals surface area contributed by atoms with Crippen molar-refractivity contribution in [1.29, 1.82) is 0 Å². The Morgan fingerprint density at radius 1 is 1.07 bits per heavy atom. The molecule has 0 amide bonds. The van der Waals surface area contributed by atoms with Gasteiger partial charge in [0.05, 0.1) is 5.69 Å². The van der Waals surface area contributed by atoms with E-state index in [0.717, 1.165) is 15.8 Å². The number of benzene rings is 2. The zero-order chi connectivity index (χ0) is 19.8. The van der Waals surface area contributed by atoms with E-state index in [9.17, 15) is 9.59 Å². The summed E-state index contributed by atoms with van der Waals surface area (Å²) in [5.41, 5.74) is 3.66. The Morgan fingerprint density at radius 3 is 2.30 bits per heavy atom. The normalized spacial score (nSPS) is 11.6. The number of hydrogen-bond acceptors (Lipinski definition) is 3.